The SMILES string of the molecule is CC(C)COC(=O)N1Cc2cc(Oc3ccc(C(C)(C)C)cc3)ccc2C[C@H]1C(=O)NC(Cc1ccc(-c2ccc(F)cc2)cc1)C(=O)O. The van der Waals surface area contributed by atoms with Gasteiger partial charge in [-0.25, -0.2) is 14.0 Å². The van der Waals surface area contributed by atoms with Crippen LogP contribution in [0.4, 0.5) is 9.18 Å². The summed E-state index contributed by atoms with van der Waals surface area (Å²) in [5, 5.41) is 12.7. The van der Waals surface area contributed by atoms with Gasteiger partial charge in [-0.1, -0.05) is 89.2 Å². The Morgan fingerprint density at radius 2 is 1.49 bits per heavy atom. The molecule has 0 radical (unpaired) electrons. The van der Waals surface area contributed by atoms with Gasteiger partial charge in [0.1, 0.15) is 29.4 Å². The maximum Gasteiger partial charge on any atom is 0.410 e. The van der Waals surface area contributed by atoms with E-state index in [9.17, 15) is 23.9 Å². The molecule has 5 rings (SSSR count). The second-order valence-corrected chi connectivity index (χ2v) is 13.9. The number of amides is 2. The van der Waals surface area contributed by atoms with E-state index < -0.39 is 30.1 Å². The van der Waals surface area contributed by atoms with Gasteiger partial charge in [0.05, 0.1) is 13.2 Å². The lowest BCUT2D eigenvalue weighted by Crippen LogP contribution is -2.56. The van der Waals surface area contributed by atoms with Crippen molar-refractivity contribution in [2.24, 2.45) is 5.92 Å². The molecule has 0 aliphatic carbocycles. The summed E-state index contributed by atoms with van der Waals surface area (Å²) in [6, 6.07) is 24.6. The Hall–Kier alpha value is -5.18. The molecule has 0 saturated carbocycles. The number of benzene rings is 4. The molecule has 1 aliphatic rings. The minimum atomic E-state index is -1.24. The first-order valence-corrected chi connectivity index (χ1v) is 16.5. The number of halogens is 1. The van der Waals surface area contributed by atoms with Gasteiger partial charge in [0.2, 0.25) is 5.91 Å². The quantitative estimate of drug-likeness (QED) is 0.178. The van der Waals surface area contributed by atoms with Gasteiger partial charge < -0.3 is 19.9 Å². The lowest BCUT2D eigenvalue weighted by Gasteiger charge is -2.36. The molecule has 0 saturated heterocycles. The van der Waals surface area contributed by atoms with Crippen molar-refractivity contribution in [1.29, 1.82) is 0 Å². The number of aliphatic carboxylic acids is 1. The number of ether oxygens (including phenoxy) is 2. The molecule has 4 aromatic carbocycles. The number of carboxylic acids is 1. The standard InChI is InChI=1S/C40H43FN2O6/c1-25(2)24-48-39(47)43-23-30-21-34(49-33-18-13-31(14-19-33)40(3,4)5)17-12-29(30)22-36(43)37(44)42-35(38(45)46)20-26-6-8-27(9-7-26)28-10-15-32(41)16-11-28/h6-19,21,25,35-36H,20,22-24H2,1-5H3,(H,42,44)(H,45,46)/t35?,36-/m0/s1. The summed E-state index contributed by atoms with van der Waals surface area (Å²) in [4.78, 5) is 40.8. The van der Waals surface area contributed by atoms with Crippen LogP contribution in [0.15, 0.2) is 91.0 Å². The van der Waals surface area contributed by atoms with Crippen molar-refractivity contribution in [3.05, 3.63) is 119 Å². The highest BCUT2D eigenvalue weighted by atomic mass is 19.1. The van der Waals surface area contributed by atoms with Crippen molar-refractivity contribution >= 4 is 18.0 Å². The smallest absolute Gasteiger partial charge is 0.410 e. The molecule has 8 nitrogen and oxygen atoms in total. The molecule has 4 aromatic rings. The molecule has 49 heavy (non-hydrogen) atoms. The minimum Gasteiger partial charge on any atom is -0.480 e. The van der Waals surface area contributed by atoms with Gasteiger partial charge in [-0.05, 0) is 81.1 Å². The van der Waals surface area contributed by atoms with E-state index in [1.165, 1.54) is 22.6 Å². The summed E-state index contributed by atoms with van der Waals surface area (Å²) in [5.74, 6) is -0.745. The Kier molecular flexibility index (Phi) is 10.7. The van der Waals surface area contributed by atoms with Crippen molar-refractivity contribution in [3.8, 4) is 22.6 Å². The van der Waals surface area contributed by atoms with Crippen LogP contribution >= 0.6 is 0 Å². The molecule has 9 heteroatoms. The first kappa shape index (κ1) is 35.1. The van der Waals surface area contributed by atoms with E-state index in [0.29, 0.717) is 17.1 Å². The van der Waals surface area contributed by atoms with Crippen LogP contribution in [-0.4, -0.2) is 46.7 Å². The second-order valence-electron chi connectivity index (χ2n) is 13.9. The van der Waals surface area contributed by atoms with Crippen molar-refractivity contribution < 1.29 is 33.4 Å². The second kappa shape index (κ2) is 14.9. The molecule has 0 bridgehead atoms. The third-order valence-corrected chi connectivity index (χ3v) is 8.53. The van der Waals surface area contributed by atoms with E-state index in [1.807, 2.05) is 68.4 Å². The monoisotopic (exact) mass is 666 g/mol. The molecule has 2 atom stereocenters. The number of carboxylic acid groups (broad SMARTS) is 1. The average Bonchev–Trinajstić information content (AvgIpc) is 3.06. The molecule has 0 fully saturated rings. The Morgan fingerprint density at radius 3 is 2.08 bits per heavy atom. The summed E-state index contributed by atoms with van der Waals surface area (Å²) < 4.78 is 25.0. The third-order valence-electron chi connectivity index (χ3n) is 8.53. The van der Waals surface area contributed by atoms with Gasteiger partial charge in [0.15, 0.2) is 0 Å². The Morgan fingerprint density at radius 1 is 0.878 bits per heavy atom. The van der Waals surface area contributed by atoms with Crippen LogP contribution in [0.2, 0.25) is 0 Å². The van der Waals surface area contributed by atoms with Crippen molar-refractivity contribution in [1.82, 2.24) is 10.2 Å². The van der Waals surface area contributed by atoms with Crippen LogP contribution in [0.5, 0.6) is 11.5 Å². The molecule has 1 aliphatic heterocycles. The van der Waals surface area contributed by atoms with Crippen molar-refractivity contribution in [3.63, 3.8) is 0 Å². The number of carbonyl (C=O) groups excluding carboxylic acids is 2. The molecular formula is C40H43FN2O6. The molecular weight excluding hydrogens is 623 g/mol. The summed E-state index contributed by atoms with van der Waals surface area (Å²) >= 11 is 0. The minimum absolute atomic E-state index is 0.0170. The van der Waals surface area contributed by atoms with Crippen LogP contribution < -0.4 is 10.1 Å². The fourth-order valence-electron chi connectivity index (χ4n) is 5.71. The summed E-state index contributed by atoms with van der Waals surface area (Å²) in [5.41, 5.74) is 5.24. The summed E-state index contributed by atoms with van der Waals surface area (Å²) in [7, 11) is 0. The van der Waals surface area contributed by atoms with Crippen molar-refractivity contribution in [2.45, 2.75) is 71.5 Å². The molecule has 2 amide bonds. The lowest BCUT2D eigenvalue weighted by atomic mass is 9.87. The lowest BCUT2D eigenvalue weighted by molar-refractivity contribution is -0.142. The largest absolute Gasteiger partial charge is 0.480 e. The maximum absolute atomic E-state index is 13.8. The number of nitrogens with zero attached hydrogens (tertiary/aromatic N) is 1. The zero-order valence-corrected chi connectivity index (χ0v) is 28.5. The van der Waals surface area contributed by atoms with E-state index in [4.69, 9.17) is 9.47 Å². The fourth-order valence-corrected chi connectivity index (χ4v) is 5.71. The molecule has 0 spiro atoms. The zero-order chi connectivity index (χ0) is 35.3. The van der Waals surface area contributed by atoms with Crippen LogP contribution in [-0.2, 0) is 39.1 Å². The maximum atomic E-state index is 13.8. The highest BCUT2D eigenvalue weighted by molar-refractivity contribution is 5.90. The number of carbonyl (C=O) groups is 3. The first-order valence-electron chi connectivity index (χ1n) is 16.5. The first-order chi connectivity index (χ1) is 23.3. The fraction of sp³-hybridized carbons (Fsp3) is 0.325. The van der Waals surface area contributed by atoms with E-state index in [1.54, 1.807) is 24.3 Å². The summed E-state index contributed by atoms with van der Waals surface area (Å²) in [6.07, 6.45) is -0.438. The highest BCUT2D eigenvalue weighted by Crippen LogP contribution is 2.32. The molecule has 1 heterocycles. The van der Waals surface area contributed by atoms with Gasteiger partial charge >= 0.3 is 12.1 Å². The van der Waals surface area contributed by atoms with Crippen molar-refractivity contribution in [2.75, 3.05) is 6.61 Å². The van der Waals surface area contributed by atoms with Gasteiger partial charge in [0.25, 0.3) is 0 Å². The van der Waals surface area contributed by atoms with E-state index >= 15 is 0 Å². The molecule has 0 aromatic heterocycles. The zero-order valence-electron chi connectivity index (χ0n) is 28.5. The van der Waals surface area contributed by atoms with Gasteiger partial charge in [0, 0.05) is 12.8 Å². The van der Waals surface area contributed by atoms with E-state index in [0.717, 1.165) is 22.3 Å². The van der Waals surface area contributed by atoms with Crippen LogP contribution in [0.25, 0.3) is 11.1 Å². The molecule has 1 unspecified atom stereocenters. The highest BCUT2D eigenvalue weighted by Gasteiger charge is 2.37. The average molecular weight is 667 g/mol. The molecule has 256 valence electrons. The van der Waals surface area contributed by atoms with Crippen LogP contribution in [0, 0.1) is 11.7 Å². The van der Waals surface area contributed by atoms with E-state index in [2.05, 4.69) is 26.1 Å². The Labute approximate surface area is 286 Å². The Bertz CT molecular complexity index is 1780. The Balaban J connectivity index is 1.32. The number of fused-ring (bicyclic) bond motifs is 1. The number of hydrogen-bond acceptors (Lipinski definition) is 5. The predicted octanol–water partition coefficient (Wildman–Crippen LogP) is 7.91. The van der Waals surface area contributed by atoms with Gasteiger partial charge in [-0.15, -0.1) is 0 Å². The van der Waals surface area contributed by atoms with Crippen LogP contribution in [0.1, 0.15) is 56.9 Å². The van der Waals surface area contributed by atoms with E-state index in [-0.39, 0.29) is 43.1 Å². The normalized spacial score (nSPS) is 14.9. The number of nitrogens with one attached hydrogen (secondary N) is 1. The molecule has 2 N–H and O–H groups in total. The number of hydrogen-bond donors (Lipinski definition) is 2. The third kappa shape index (κ3) is 9.04. The van der Waals surface area contributed by atoms with Gasteiger partial charge in [-0.3, -0.25) is 9.69 Å². The number of rotatable bonds is 10. The topological polar surface area (TPSA) is 105 Å². The van der Waals surface area contributed by atoms with Gasteiger partial charge in [-0.2, -0.15) is 0 Å². The van der Waals surface area contributed by atoms with Crippen LogP contribution in [0.3, 0.4) is 0 Å². The predicted molar refractivity (Wildman–Crippen MR) is 186 cm³/mol. The summed E-state index contributed by atoms with van der Waals surface area (Å²) in [6.45, 7) is 10.6.